The first-order chi connectivity index (χ1) is 24.1. The van der Waals surface area contributed by atoms with E-state index in [9.17, 15) is 39.6 Å². The van der Waals surface area contributed by atoms with Gasteiger partial charge in [-0.25, -0.2) is 29.1 Å². The number of nitrogens with zero attached hydrogens (tertiary/aromatic N) is 6. The summed E-state index contributed by atoms with van der Waals surface area (Å²) >= 11 is 0. The molecule has 5 heterocycles. The highest BCUT2D eigenvalue weighted by molar-refractivity contribution is 5.96. The van der Waals surface area contributed by atoms with Crippen LogP contribution >= 0.6 is 0 Å². The van der Waals surface area contributed by atoms with Gasteiger partial charge in [-0.1, -0.05) is 24.3 Å². The molecule has 4 N–H and O–H groups in total. The summed E-state index contributed by atoms with van der Waals surface area (Å²) in [5, 5.41) is 38.7. The van der Waals surface area contributed by atoms with Gasteiger partial charge in [0.15, 0.2) is 0 Å². The van der Waals surface area contributed by atoms with Crippen molar-refractivity contribution in [3.8, 4) is 0 Å². The van der Waals surface area contributed by atoms with Crippen LogP contribution < -0.4 is 0 Å². The summed E-state index contributed by atoms with van der Waals surface area (Å²) in [6, 6.07) is 5.35. The lowest BCUT2D eigenvalue weighted by molar-refractivity contribution is 0.0685. The zero-order valence-corrected chi connectivity index (χ0v) is 25.7. The monoisotopic (exact) mass is 668 g/mol. The maximum absolute atomic E-state index is 11.8. The molecule has 0 fully saturated rings. The molecule has 0 saturated heterocycles. The third-order valence-electron chi connectivity index (χ3n) is 7.02. The van der Waals surface area contributed by atoms with Gasteiger partial charge in [-0.05, 0) is 48.6 Å². The van der Waals surface area contributed by atoms with Gasteiger partial charge >= 0.3 is 23.9 Å². The highest BCUT2D eigenvalue weighted by Crippen LogP contribution is 2.22. The first kappa shape index (κ1) is 33.9. The smallest absolute Gasteiger partial charge is 0.336 e. The molecule has 5 aromatic rings. The van der Waals surface area contributed by atoms with E-state index in [1.807, 2.05) is 0 Å². The largest absolute Gasteiger partial charge is 0.478 e. The van der Waals surface area contributed by atoms with E-state index in [0.29, 0.717) is 0 Å². The minimum atomic E-state index is -1.18. The predicted octanol–water partition coefficient (Wildman–Crippen LogP) is 5.53. The summed E-state index contributed by atoms with van der Waals surface area (Å²) in [7, 11) is 0. The summed E-state index contributed by atoms with van der Waals surface area (Å²) < 4.78 is 0. The minimum absolute atomic E-state index is 0.0223. The molecule has 0 aliphatic rings. The van der Waals surface area contributed by atoms with Crippen LogP contribution in [0.4, 0.5) is 0 Å². The molecule has 0 radical (unpaired) electrons. The Hall–Kier alpha value is -7.48. The molecule has 0 aliphatic carbocycles. The average Bonchev–Trinajstić information content (AvgIpc) is 3.12. The fourth-order valence-corrected chi connectivity index (χ4v) is 4.59. The number of hydrogen-bond acceptors (Lipinski definition) is 10. The topological polar surface area (TPSA) is 227 Å². The van der Waals surface area contributed by atoms with Gasteiger partial charge < -0.3 is 20.4 Å². The van der Waals surface area contributed by atoms with Crippen LogP contribution in [0.3, 0.4) is 0 Å². The molecule has 0 saturated carbocycles. The van der Waals surface area contributed by atoms with E-state index in [4.69, 9.17) is 9.97 Å². The summed E-state index contributed by atoms with van der Waals surface area (Å²) in [6.45, 7) is 0. The molecule has 0 unspecified atom stereocenters. The van der Waals surface area contributed by atoms with E-state index in [0.717, 1.165) is 0 Å². The lowest BCUT2D eigenvalue weighted by atomic mass is 10.1. The Morgan fingerprint density at radius 2 is 0.600 bits per heavy atom. The highest BCUT2D eigenvalue weighted by Gasteiger charge is 2.14. The average molecular weight is 669 g/mol. The van der Waals surface area contributed by atoms with Crippen LogP contribution in [-0.4, -0.2) is 74.2 Å². The van der Waals surface area contributed by atoms with Gasteiger partial charge in [0.25, 0.3) is 0 Å². The van der Waals surface area contributed by atoms with E-state index >= 15 is 0 Å². The summed E-state index contributed by atoms with van der Waals surface area (Å²) in [5.41, 5.74) is 1.78. The van der Waals surface area contributed by atoms with Gasteiger partial charge in [-0.15, -0.1) is 0 Å². The molecule has 246 valence electrons. The van der Waals surface area contributed by atoms with Crippen molar-refractivity contribution < 1.29 is 39.6 Å². The molecular weight excluding hydrogens is 644 g/mol. The first-order valence-corrected chi connectivity index (χ1v) is 14.5. The van der Waals surface area contributed by atoms with Gasteiger partial charge in [-0.3, -0.25) is 19.9 Å². The molecule has 14 heteroatoms. The van der Waals surface area contributed by atoms with Gasteiger partial charge in [0.1, 0.15) is 0 Å². The Morgan fingerprint density at radius 1 is 0.380 bits per heavy atom. The van der Waals surface area contributed by atoms with Crippen molar-refractivity contribution >= 4 is 72.5 Å². The molecule has 0 aliphatic heterocycles. The Kier molecular flexibility index (Phi) is 10.4. The van der Waals surface area contributed by atoms with E-state index in [1.165, 1.54) is 122 Å². The summed E-state index contributed by atoms with van der Waals surface area (Å²) in [5.74, 6) is -4.71. The summed E-state index contributed by atoms with van der Waals surface area (Å²) in [6.07, 6.45) is 22.7. The number of hydrogen-bond donors (Lipinski definition) is 4. The molecule has 0 atom stereocenters. The lowest BCUT2D eigenvalue weighted by Gasteiger charge is -2.08. The highest BCUT2D eigenvalue weighted by atomic mass is 16.4. The zero-order valence-electron chi connectivity index (χ0n) is 25.7. The van der Waals surface area contributed by atoms with Crippen LogP contribution in [0.5, 0.6) is 0 Å². The fraction of sp³-hybridized carbons (Fsp3) is 0. The van der Waals surface area contributed by atoms with Crippen LogP contribution in [-0.2, 0) is 0 Å². The Morgan fingerprint density at radius 3 is 0.800 bits per heavy atom. The van der Waals surface area contributed by atoms with Crippen molar-refractivity contribution in [1.82, 2.24) is 29.9 Å². The van der Waals surface area contributed by atoms with Crippen LogP contribution in [0.15, 0.2) is 73.8 Å². The molecule has 0 amide bonds. The standard InChI is InChI=1S/C36H24N6O8/c43-33(44)25-9-13-37-17-21(25)1-5-29-30(6-2-22-18-38-14-10-26(22)34(45)46)42-32(8-4-24-20-40-16-12-28(24)36(49)50)31(41-29)7-3-23-19-39-15-11-27(23)35(47)48/h1-20H,(H,43,44)(H,45,46)(H,47,48)(H,49,50). The minimum Gasteiger partial charge on any atom is -0.478 e. The number of pyridine rings is 4. The van der Waals surface area contributed by atoms with E-state index in [1.54, 1.807) is 0 Å². The zero-order chi connectivity index (χ0) is 35.6. The molecular formula is C36H24N6O8. The predicted molar refractivity (Wildman–Crippen MR) is 183 cm³/mol. The van der Waals surface area contributed by atoms with Crippen LogP contribution in [0.2, 0.25) is 0 Å². The fourth-order valence-electron chi connectivity index (χ4n) is 4.59. The second-order valence-electron chi connectivity index (χ2n) is 10.2. The number of carboxylic acid groups (broad SMARTS) is 4. The Labute approximate surface area is 282 Å². The molecule has 5 rings (SSSR count). The molecule has 0 bridgehead atoms. The second-order valence-corrected chi connectivity index (χ2v) is 10.2. The van der Waals surface area contributed by atoms with Crippen LogP contribution in [0.25, 0.3) is 48.6 Å². The quantitative estimate of drug-likeness (QED) is 0.128. The number of carboxylic acids is 4. The molecule has 0 aromatic carbocycles. The van der Waals surface area contributed by atoms with Gasteiger partial charge in [0.05, 0.1) is 45.0 Å². The third kappa shape index (κ3) is 8.08. The Balaban J connectivity index is 1.73. The lowest BCUT2D eigenvalue weighted by Crippen LogP contribution is -2.03. The maximum atomic E-state index is 11.8. The molecule has 5 aromatic heterocycles. The third-order valence-corrected chi connectivity index (χ3v) is 7.02. The molecule has 14 nitrogen and oxygen atoms in total. The van der Waals surface area contributed by atoms with E-state index < -0.39 is 23.9 Å². The van der Waals surface area contributed by atoms with Crippen molar-refractivity contribution in [2.24, 2.45) is 0 Å². The number of aromatic nitrogens is 6. The molecule has 0 spiro atoms. The Bertz CT molecular complexity index is 1950. The summed E-state index contributed by atoms with van der Waals surface area (Å²) in [4.78, 5) is 72.9. The van der Waals surface area contributed by atoms with E-state index in [2.05, 4.69) is 19.9 Å². The van der Waals surface area contributed by atoms with Crippen molar-refractivity contribution in [2.75, 3.05) is 0 Å². The molecule has 50 heavy (non-hydrogen) atoms. The van der Waals surface area contributed by atoms with E-state index in [-0.39, 0.29) is 67.3 Å². The second kappa shape index (κ2) is 15.4. The maximum Gasteiger partial charge on any atom is 0.336 e. The van der Waals surface area contributed by atoms with Crippen LogP contribution in [0, 0.1) is 0 Å². The van der Waals surface area contributed by atoms with Gasteiger partial charge in [0.2, 0.25) is 0 Å². The van der Waals surface area contributed by atoms with Crippen LogP contribution in [0.1, 0.15) is 86.5 Å². The number of rotatable bonds is 12. The van der Waals surface area contributed by atoms with Crippen molar-refractivity contribution in [3.05, 3.63) is 141 Å². The normalized spacial score (nSPS) is 11.5. The van der Waals surface area contributed by atoms with Crippen molar-refractivity contribution in [2.45, 2.75) is 0 Å². The van der Waals surface area contributed by atoms with Gasteiger partial charge in [-0.2, -0.15) is 0 Å². The number of aromatic carboxylic acids is 4. The first-order valence-electron chi connectivity index (χ1n) is 14.5. The SMILES string of the molecule is O=C(O)c1ccncc1C=Cc1nc(C=Cc2cnccc2C(=O)O)c(C=Cc2cnccc2C(=O)O)nc1C=Cc1cnccc1C(=O)O. The van der Waals surface area contributed by atoms with Gasteiger partial charge in [0, 0.05) is 71.8 Å². The van der Waals surface area contributed by atoms with Crippen molar-refractivity contribution in [1.29, 1.82) is 0 Å². The number of carbonyl (C=O) groups is 4. The van der Waals surface area contributed by atoms with Crippen molar-refractivity contribution in [3.63, 3.8) is 0 Å².